The lowest BCUT2D eigenvalue weighted by molar-refractivity contribution is 0.0885. The Morgan fingerprint density at radius 2 is 1.90 bits per heavy atom. The molecule has 20 heavy (non-hydrogen) atoms. The lowest BCUT2D eigenvalue weighted by Crippen LogP contribution is -2.30. The summed E-state index contributed by atoms with van der Waals surface area (Å²) in [7, 11) is 0. The van der Waals surface area contributed by atoms with E-state index in [0.29, 0.717) is 25.0 Å². The van der Waals surface area contributed by atoms with Crippen LogP contribution in [0, 0.1) is 11.8 Å². The summed E-state index contributed by atoms with van der Waals surface area (Å²) in [6.45, 7) is 15.1. The van der Waals surface area contributed by atoms with Gasteiger partial charge < -0.3 is 10.1 Å². The van der Waals surface area contributed by atoms with Gasteiger partial charge in [-0.15, -0.1) is 5.10 Å². The molecule has 1 aromatic rings. The minimum absolute atomic E-state index is 0.135. The monoisotopic (exact) mass is 283 g/mol. The van der Waals surface area contributed by atoms with Crippen molar-refractivity contribution >= 4 is 0 Å². The maximum atomic E-state index is 5.58. The minimum Gasteiger partial charge on any atom is -0.380 e. The van der Waals surface area contributed by atoms with Crippen LogP contribution in [0.5, 0.6) is 0 Å². The van der Waals surface area contributed by atoms with Gasteiger partial charge in [0.2, 0.25) is 0 Å². The molecule has 0 saturated carbocycles. The second-order valence-electron chi connectivity index (χ2n) is 5.98. The van der Waals surface area contributed by atoms with E-state index >= 15 is 0 Å². The van der Waals surface area contributed by atoms with Crippen LogP contribution in [-0.2, 0) is 4.74 Å². The molecule has 1 N–H and O–H groups in total. The molecule has 0 aliphatic heterocycles. The Labute approximate surface area is 122 Å². The van der Waals surface area contributed by atoms with Crippen molar-refractivity contribution in [3.05, 3.63) is 5.82 Å². The van der Waals surface area contributed by atoms with Crippen LogP contribution >= 0.6 is 0 Å². The predicted molar refractivity (Wildman–Crippen MR) is 79.4 cm³/mol. The predicted octanol–water partition coefficient (Wildman–Crippen LogP) is 2.21. The van der Waals surface area contributed by atoms with Crippen LogP contribution in [0.15, 0.2) is 0 Å². The van der Waals surface area contributed by atoms with Gasteiger partial charge in [0, 0.05) is 6.61 Å². The van der Waals surface area contributed by atoms with Crippen molar-refractivity contribution < 1.29 is 4.74 Å². The number of ether oxygens (including phenoxy) is 1. The van der Waals surface area contributed by atoms with Gasteiger partial charge in [-0.1, -0.05) is 27.7 Å². The van der Waals surface area contributed by atoms with Crippen molar-refractivity contribution in [3.63, 3.8) is 0 Å². The average Bonchev–Trinajstić information content (AvgIpc) is 2.85. The fourth-order valence-corrected chi connectivity index (χ4v) is 2.01. The molecule has 2 unspecified atom stereocenters. The molecule has 2 atom stereocenters. The van der Waals surface area contributed by atoms with E-state index in [-0.39, 0.29) is 12.1 Å². The van der Waals surface area contributed by atoms with Crippen molar-refractivity contribution in [1.82, 2.24) is 25.5 Å². The zero-order valence-electron chi connectivity index (χ0n) is 13.6. The summed E-state index contributed by atoms with van der Waals surface area (Å²) < 4.78 is 7.49. The molecule has 0 radical (unpaired) electrons. The highest BCUT2D eigenvalue weighted by Crippen LogP contribution is 2.21. The van der Waals surface area contributed by atoms with Gasteiger partial charge in [0.05, 0.1) is 18.7 Å². The first-order valence-corrected chi connectivity index (χ1v) is 7.56. The smallest absolute Gasteiger partial charge is 0.168 e. The third kappa shape index (κ3) is 4.83. The maximum absolute atomic E-state index is 5.58. The topological polar surface area (TPSA) is 64.9 Å². The van der Waals surface area contributed by atoms with Gasteiger partial charge >= 0.3 is 0 Å². The molecule has 1 aromatic heterocycles. The summed E-state index contributed by atoms with van der Waals surface area (Å²) in [6, 6.07) is 0.304. The normalized spacial score (nSPS) is 15.0. The Hall–Kier alpha value is -1.01. The van der Waals surface area contributed by atoms with E-state index in [1.807, 2.05) is 11.6 Å². The van der Waals surface area contributed by atoms with E-state index < -0.39 is 0 Å². The number of rotatable bonds is 9. The number of aromatic nitrogens is 4. The second kappa shape index (κ2) is 8.32. The van der Waals surface area contributed by atoms with E-state index in [1.54, 1.807) is 0 Å². The van der Waals surface area contributed by atoms with Gasteiger partial charge in [-0.25, -0.2) is 4.68 Å². The molecular weight excluding hydrogens is 254 g/mol. The SMILES string of the molecule is CCOCC(C(C)C)n1nnnc1C(C)NCC(C)C. The highest BCUT2D eigenvalue weighted by Gasteiger charge is 2.23. The van der Waals surface area contributed by atoms with E-state index in [2.05, 4.69) is 55.5 Å². The molecule has 0 aromatic carbocycles. The first kappa shape index (κ1) is 17.0. The van der Waals surface area contributed by atoms with E-state index in [9.17, 15) is 0 Å². The Balaban J connectivity index is 2.81. The summed E-state index contributed by atoms with van der Waals surface area (Å²) in [4.78, 5) is 0. The molecule has 6 nitrogen and oxygen atoms in total. The molecule has 1 rings (SSSR count). The summed E-state index contributed by atoms with van der Waals surface area (Å²) >= 11 is 0. The number of tetrazole rings is 1. The molecule has 0 saturated heterocycles. The van der Waals surface area contributed by atoms with Crippen LogP contribution in [0.4, 0.5) is 0 Å². The average molecular weight is 283 g/mol. The number of hydrogen-bond acceptors (Lipinski definition) is 5. The number of nitrogens with zero attached hydrogens (tertiary/aromatic N) is 4. The fraction of sp³-hybridized carbons (Fsp3) is 0.929. The Morgan fingerprint density at radius 1 is 1.20 bits per heavy atom. The molecule has 0 aliphatic carbocycles. The lowest BCUT2D eigenvalue weighted by Gasteiger charge is -2.23. The van der Waals surface area contributed by atoms with E-state index in [4.69, 9.17) is 4.74 Å². The molecule has 0 amide bonds. The van der Waals surface area contributed by atoms with Crippen LogP contribution < -0.4 is 5.32 Å². The quantitative estimate of drug-likeness (QED) is 0.753. The zero-order chi connectivity index (χ0) is 15.1. The molecule has 116 valence electrons. The first-order chi connectivity index (χ1) is 9.47. The fourth-order valence-electron chi connectivity index (χ4n) is 2.01. The van der Waals surface area contributed by atoms with Crippen LogP contribution in [0.2, 0.25) is 0 Å². The molecule has 0 bridgehead atoms. The number of nitrogens with one attached hydrogen (secondary N) is 1. The standard InChI is InChI=1S/C14H29N5O/c1-7-20-9-13(11(4)5)19-14(16-17-18-19)12(6)15-8-10(2)3/h10-13,15H,7-9H2,1-6H3. The Morgan fingerprint density at radius 3 is 2.45 bits per heavy atom. The second-order valence-corrected chi connectivity index (χ2v) is 5.98. The van der Waals surface area contributed by atoms with Crippen molar-refractivity contribution in [2.24, 2.45) is 11.8 Å². The van der Waals surface area contributed by atoms with Crippen molar-refractivity contribution in [2.75, 3.05) is 19.8 Å². The van der Waals surface area contributed by atoms with Gasteiger partial charge in [-0.3, -0.25) is 0 Å². The first-order valence-electron chi connectivity index (χ1n) is 7.56. The van der Waals surface area contributed by atoms with E-state index in [1.165, 1.54) is 0 Å². The third-order valence-electron chi connectivity index (χ3n) is 3.31. The van der Waals surface area contributed by atoms with Crippen LogP contribution in [0.3, 0.4) is 0 Å². The van der Waals surface area contributed by atoms with E-state index in [0.717, 1.165) is 12.4 Å². The third-order valence-corrected chi connectivity index (χ3v) is 3.31. The number of hydrogen-bond donors (Lipinski definition) is 1. The molecule has 0 aliphatic rings. The highest BCUT2D eigenvalue weighted by atomic mass is 16.5. The molecule has 0 fully saturated rings. The molecular formula is C14H29N5O. The van der Waals surface area contributed by atoms with Crippen molar-refractivity contribution in [1.29, 1.82) is 0 Å². The summed E-state index contributed by atoms with van der Waals surface area (Å²) in [5, 5.41) is 15.7. The molecule has 1 heterocycles. The highest BCUT2D eigenvalue weighted by molar-refractivity contribution is 4.93. The van der Waals surface area contributed by atoms with Gasteiger partial charge in [0.1, 0.15) is 0 Å². The Kier molecular flexibility index (Phi) is 7.09. The van der Waals surface area contributed by atoms with Crippen molar-refractivity contribution in [3.8, 4) is 0 Å². The largest absolute Gasteiger partial charge is 0.380 e. The van der Waals surface area contributed by atoms with Crippen LogP contribution in [0.25, 0.3) is 0 Å². The van der Waals surface area contributed by atoms with Crippen LogP contribution in [-0.4, -0.2) is 40.0 Å². The van der Waals surface area contributed by atoms with Gasteiger partial charge in [-0.2, -0.15) is 0 Å². The zero-order valence-corrected chi connectivity index (χ0v) is 13.6. The van der Waals surface area contributed by atoms with Gasteiger partial charge in [0.25, 0.3) is 0 Å². The van der Waals surface area contributed by atoms with Gasteiger partial charge in [-0.05, 0) is 42.7 Å². The Bertz CT molecular complexity index is 377. The molecule has 0 spiro atoms. The van der Waals surface area contributed by atoms with Crippen LogP contribution in [0.1, 0.15) is 59.5 Å². The summed E-state index contributed by atoms with van der Waals surface area (Å²) in [5.41, 5.74) is 0. The maximum Gasteiger partial charge on any atom is 0.168 e. The van der Waals surface area contributed by atoms with Gasteiger partial charge in [0.15, 0.2) is 5.82 Å². The van der Waals surface area contributed by atoms with Crippen molar-refractivity contribution in [2.45, 2.75) is 53.6 Å². The minimum atomic E-state index is 0.135. The lowest BCUT2D eigenvalue weighted by atomic mass is 10.1. The summed E-state index contributed by atoms with van der Waals surface area (Å²) in [6.07, 6.45) is 0. The summed E-state index contributed by atoms with van der Waals surface area (Å²) in [5.74, 6) is 1.90. The molecule has 6 heteroatoms.